The lowest BCUT2D eigenvalue weighted by molar-refractivity contribution is 1.10. The first-order valence-electron chi connectivity index (χ1n) is 5.88. The van der Waals surface area contributed by atoms with Gasteiger partial charge in [-0.05, 0) is 17.3 Å². The van der Waals surface area contributed by atoms with E-state index in [1.807, 2.05) is 30.6 Å². The monoisotopic (exact) mass is 254 g/mol. The van der Waals surface area contributed by atoms with Crippen LogP contribution in [0.25, 0.3) is 0 Å². The molecule has 0 atom stereocenters. The molecule has 2 heterocycles. The van der Waals surface area contributed by atoms with Crippen LogP contribution in [-0.4, -0.2) is 28.5 Å². The average Bonchev–Trinajstić information content (AvgIpc) is 3.12. The highest BCUT2D eigenvalue weighted by Crippen LogP contribution is 2.03. The minimum absolute atomic E-state index is 1.10. The second-order valence-corrected chi connectivity index (χ2v) is 8.26. The quantitative estimate of drug-likeness (QED) is 0.658. The van der Waals surface area contributed by atoms with Crippen LogP contribution < -0.4 is 15.8 Å². The molecule has 0 aliphatic carbocycles. The summed E-state index contributed by atoms with van der Waals surface area (Å²) in [5, 5.41) is 18.1. The van der Waals surface area contributed by atoms with E-state index in [1.165, 1.54) is 5.19 Å². The Bertz CT molecular complexity index is 568. The zero-order chi connectivity index (χ0) is 12.4. The summed E-state index contributed by atoms with van der Waals surface area (Å²) in [6, 6.07) is 14.6. The molecule has 2 aromatic heterocycles. The third-order valence-corrected chi connectivity index (χ3v) is 7.47. The standard InChI is InChI=1S/C13H14N4Si/c1-18(12-7-9-14-16-12,13-8-10-15-17-13)11-5-3-2-4-6-11/h2-10H,1H3,(H,14,16)(H,15,17). The van der Waals surface area contributed by atoms with Gasteiger partial charge < -0.3 is 0 Å². The van der Waals surface area contributed by atoms with E-state index in [0.29, 0.717) is 0 Å². The molecule has 0 amide bonds. The van der Waals surface area contributed by atoms with Crippen molar-refractivity contribution in [2.45, 2.75) is 6.55 Å². The molecule has 90 valence electrons. The number of benzene rings is 1. The minimum atomic E-state index is -2.06. The summed E-state index contributed by atoms with van der Waals surface area (Å²) in [6.45, 7) is 2.27. The Morgan fingerprint density at radius 1 is 0.833 bits per heavy atom. The number of nitrogens with zero attached hydrogens (tertiary/aromatic N) is 2. The Morgan fingerprint density at radius 2 is 1.39 bits per heavy atom. The summed E-state index contributed by atoms with van der Waals surface area (Å²) >= 11 is 0. The first-order chi connectivity index (χ1) is 8.82. The van der Waals surface area contributed by atoms with Gasteiger partial charge in [0, 0.05) is 12.4 Å². The van der Waals surface area contributed by atoms with Gasteiger partial charge in [-0.25, -0.2) is 0 Å². The number of hydrogen-bond donors (Lipinski definition) is 2. The lowest BCUT2D eigenvalue weighted by Gasteiger charge is -2.23. The van der Waals surface area contributed by atoms with E-state index in [0.717, 1.165) is 10.6 Å². The Kier molecular flexibility index (Phi) is 2.60. The molecule has 0 bridgehead atoms. The van der Waals surface area contributed by atoms with E-state index >= 15 is 0 Å². The van der Waals surface area contributed by atoms with Crippen LogP contribution in [0.5, 0.6) is 0 Å². The normalized spacial score (nSPS) is 11.6. The van der Waals surface area contributed by atoms with Crippen LogP contribution in [-0.2, 0) is 0 Å². The Balaban J connectivity index is 2.22. The smallest absolute Gasteiger partial charge is 0.195 e. The third kappa shape index (κ3) is 1.60. The molecule has 0 fully saturated rings. The number of rotatable bonds is 3. The van der Waals surface area contributed by atoms with Gasteiger partial charge in [-0.15, -0.1) is 0 Å². The highest BCUT2D eigenvalue weighted by molar-refractivity contribution is 7.09. The number of hydrogen-bond acceptors (Lipinski definition) is 2. The van der Waals surface area contributed by atoms with Crippen molar-refractivity contribution < 1.29 is 0 Å². The van der Waals surface area contributed by atoms with Crippen molar-refractivity contribution in [3.63, 3.8) is 0 Å². The first kappa shape index (κ1) is 11.0. The van der Waals surface area contributed by atoms with Crippen LogP contribution in [0.3, 0.4) is 0 Å². The molecule has 4 nitrogen and oxygen atoms in total. The van der Waals surface area contributed by atoms with E-state index < -0.39 is 8.07 Å². The second-order valence-electron chi connectivity index (χ2n) is 4.41. The largest absolute Gasteiger partial charge is 0.286 e. The summed E-state index contributed by atoms with van der Waals surface area (Å²) < 4.78 is 0. The van der Waals surface area contributed by atoms with Crippen molar-refractivity contribution in [1.29, 1.82) is 0 Å². The molecule has 3 rings (SSSR count). The van der Waals surface area contributed by atoms with E-state index in [4.69, 9.17) is 0 Å². The molecule has 0 saturated heterocycles. The highest BCUT2D eigenvalue weighted by atomic mass is 28.3. The van der Waals surface area contributed by atoms with Crippen LogP contribution in [0.2, 0.25) is 6.55 Å². The van der Waals surface area contributed by atoms with Gasteiger partial charge in [0.15, 0.2) is 8.07 Å². The molecule has 3 aromatic rings. The van der Waals surface area contributed by atoms with E-state index in [1.54, 1.807) is 0 Å². The van der Waals surface area contributed by atoms with Gasteiger partial charge in [0.1, 0.15) is 0 Å². The van der Waals surface area contributed by atoms with Crippen LogP contribution in [0.15, 0.2) is 54.9 Å². The highest BCUT2D eigenvalue weighted by Gasteiger charge is 2.38. The van der Waals surface area contributed by atoms with Crippen molar-refractivity contribution >= 4 is 23.9 Å². The fourth-order valence-corrected chi connectivity index (χ4v) is 5.40. The van der Waals surface area contributed by atoms with Gasteiger partial charge in [-0.1, -0.05) is 36.9 Å². The molecule has 0 radical (unpaired) electrons. The minimum Gasteiger partial charge on any atom is -0.286 e. The maximum atomic E-state index is 4.40. The van der Waals surface area contributed by atoms with Crippen molar-refractivity contribution in [3.05, 3.63) is 54.9 Å². The Hall–Kier alpha value is -2.14. The topological polar surface area (TPSA) is 57.4 Å². The van der Waals surface area contributed by atoms with Crippen LogP contribution >= 0.6 is 0 Å². The molecule has 0 spiro atoms. The van der Waals surface area contributed by atoms with Gasteiger partial charge in [0.2, 0.25) is 0 Å². The molecule has 0 aliphatic heterocycles. The summed E-state index contributed by atoms with van der Waals surface area (Å²) in [7, 11) is -2.06. The Morgan fingerprint density at radius 3 is 1.83 bits per heavy atom. The fraction of sp³-hybridized carbons (Fsp3) is 0.0769. The zero-order valence-corrected chi connectivity index (χ0v) is 11.1. The predicted octanol–water partition coefficient (Wildman–Crippen LogP) is 0.233. The second kappa shape index (κ2) is 4.27. The maximum Gasteiger partial charge on any atom is 0.195 e. The molecular weight excluding hydrogens is 240 g/mol. The zero-order valence-electron chi connectivity index (χ0n) is 10.1. The van der Waals surface area contributed by atoms with Gasteiger partial charge in [0.05, 0.1) is 10.6 Å². The van der Waals surface area contributed by atoms with Gasteiger partial charge >= 0.3 is 0 Å². The first-order valence-corrected chi connectivity index (χ1v) is 8.38. The average molecular weight is 254 g/mol. The van der Waals surface area contributed by atoms with E-state index in [-0.39, 0.29) is 0 Å². The van der Waals surface area contributed by atoms with Crippen molar-refractivity contribution in [3.8, 4) is 0 Å². The lowest BCUT2D eigenvalue weighted by Crippen LogP contribution is -2.65. The molecule has 0 aliphatic rings. The molecule has 0 unspecified atom stereocenters. The molecule has 5 heteroatoms. The summed E-state index contributed by atoms with van der Waals surface area (Å²) in [6.07, 6.45) is 3.74. The molecular formula is C13H14N4Si. The van der Waals surface area contributed by atoms with Gasteiger partial charge in [-0.3, -0.25) is 10.2 Å². The number of aromatic amines is 2. The third-order valence-electron chi connectivity index (χ3n) is 3.38. The maximum absolute atomic E-state index is 4.40. The molecule has 0 saturated carbocycles. The Labute approximate surface area is 106 Å². The SMILES string of the molecule is C[Si](c1ccccc1)(c1cc[nH]n1)c1cc[nH]n1. The van der Waals surface area contributed by atoms with Crippen LogP contribution in [0, 0.1) is 0 Å². The molecule has 2 N–H and O–H groups in total. The van der Waals surface area contributed by atoms with Crippen LogP contribution in [0.1, 0.15) is 0 Å². The summed E-state index contributed by atoms with van der Waals surface area (Å²) in [5.74, 6) is 0. The number of aromatic nitrogens is 4. The molecule has 1 aromatic carbocycles. The fourth-order valence-electron chi connectivity index (χ4n) is 2.28. The number of H-pyrrole nitrogens is 2. The van der Waals surface area contributed by atoms with Gasteiger partial charge in [0.25, 0.3) is 0 Å². The summed E-state index contributed by atoms with van der Waals surface area (Å²) in [5.41, 5.74) is 0. The van der Waals surface area contributed by atoms with Crippen LogP contribution in [0.4, 0.5) is 0 Å². The van der Waals surface area contributed by atoms with Crippen molar-refractivity contribution in [2.24, 2.45) is 0 Å². The lowest BCUT2D eigenvalue weighted by atomic mass is 10.4. The van der Waals surface area contributed by atoms with Gasteiger partial charge in [-0.2, -0.15) is 10.2 Å². The van der Waals surface area contributed by atoms with Crippen molar-refractivity contribution in [1.82, 2.24) is 20.4 Å². The van der Waals surface area contributed by atoms with E-state index in [2.05, 4.69) is 51.2 Å². The van der Waals surface area contributed by atoms with Crippen molar-refractivity contribution in [2.75, 3.05) is 0 Å². The summed E-state index contributed by atoms with van der Waals surface area (Å²) in [4.78, 5) is 0. The number of nitrogens with one attached hydrogen (secondary N) is 2. The predicted molar refractivity (Wildman–Crippen MR) is 74.1 cm³/mol. The van der Waals surface area contributed by atoms with E-state index in [9.17, 15) is 0 Å². The molecule has 18 heavy (non-hydrogen) atoms.